The summed E-state index contributed by atoms with van der Waals surface area (Å²) in [5, 5.41) is 30.8. The molecule has 0 spiro atoms. The summed E-state index contributed by atoms with van der Waals surface area (Å²) in [7, 11) is -4.59. The van der Waals surface area contributed by atoms with Crippen molar-refractivity contribution in [2.24, 2.45) is 0 Å². The minimum Gasteiger partial charge on any atom is -0.462 e. The van der Waals surface area contributed by atoms with Gasteiger partial charge in [-0.15, -0.1) is 6.58 Å². The lowest BCUT2D eigenvalue weighted by molar-refractivity contribution is -0.297. The molecule has 0 aromatic carbocycles. The second-order valence-electron chi connectivity index (χ2n) is 14.7. The van der Waals surface area contributed by atoms with Gasteiger partial charge >= 0.3 is 11.9 Å². The minimum atomic E-state index is -4.59. The van der Waals surface area contributed by atoms with Gasteiger partial charge in [0.1, 0.15) is 36.8 Å². The molecule has 4 N–H and O–H groups in total. The molecule has 6 atom stereocenters. The summed E-state index contributed by atoms with van der Waals surface area (Å²) in [6.07, 6.45) is 20.2. The Labute approximate surface area is 320 Å². The molecule has 13 heteroatoms. The first-order chi connectivity index (χ1) is 25.5. The molecule has 0 bridgehead atoms. The van der Waals surface area contributed by atoms with Gasteiger partial charge in [0.15, 0.2) is 12.4 Å². The van der Waals surface area contributed by atoms with E-state index < -0.39 is 71.2 Å². The monoisotopic (exact) mass is 778 g/mol. The average Bonchev–Trinajstić information content (AvgIpc) is 3.12. The van der Waals surface area contributed by atoms with E-state index in [0.29, 0.717) is 12.8 Å². The van der Waals surface area contributed by atoms with Crippen LogP contribution in [-0.2, 0) is 38.7 Å². The molecule has 312 valence electrons. The van der Waals surface area contributed by atoms with Crippen LogP contribution in [-0.4, -0.2) is 96.0 Å². The highest BCUT2D eigenvalue weighted by Gasteiger charge is 2.46. The number of ether oxygens (including phenoxy) is 4. The summed E-state index contributed by atoms with van der Waals surface area (Å²) in [5.41, 5.74) is 0. The van der Waals surface area contributed by atoms with Crippen molar-refractivity contribution in [2.45, 2.75) is 211 Å². The summed E-state index contributed by atoms with van der Waals surface area (Å²) in [5.74, 6) is -1.98. The first kappa shape index (κ1) is 49.4. The van der Waals surface area contributed by atoms with Gasteiger partial charge in [-0.25, -0.2) is 0 Å². The summed E-state index contributed by atoms with van der Waals surface area (Å²) in [6.45, 7) is 5.26. The van der Waals surface area contributed by atoms with E-state index >= 15 is 0 Å². The molecule has 0 amide bonds. The van der Waals surface area contributed by atoms with Crippen molar-refractivity contribution in [2.75, 3.05) is 19.0 Å². The van der Waals surface area contributed by atoms with E-state index in [0.717, 1.165) is 44.9 Å². The van der Waals surface area contributed by atoms with Gasteiger partial charge in [-0.3, -0.25) is 14.1 Å². The first-order valence-corrected chi connectivity index (χ1v) is 22.3. The molecule has 53 heavy (non-hydrogen) atoms. The fourth-order valence-corrected chi connectivity index (χ4v) is 7.17. The number of aliphatic hydroxyl groups excluding tert-OH is 3. The highest BCUT2D eigenvalue weighted by atomic mass is 32.2. The van der Waals surface area contributed by atoms with Crippen molar-refractivity contribution < 1.29 is 56.8 Å². The van der Waals surface area contributed by atoms with Gasteiger partial charge in [0.2, 0.25) is 0 Å². The third kappa shape index (κ3) is 26.8. The predicted octanol–water partition coefficient (Wildman–Crippen LogP) is 7.50. The van der Waals surface area contributed by atoms with Crippen LogP contribution in [0.5, 0.6) is 0 Å². The van der Waals surface area contributed by atoms with Crippen LogP contribution in [0.4, 0.5) is 0 Å². The summed E-state index contributed by atoms with van der Waals surface area (Å²) in [4.78, 5) is 25.2. The van der Waals surface area contributed by atoms with Gasteiger partial charge < -0.3 is 34.3 Å². The second kappa shape index (κ2) is 31.6. The molecular formula is C40H74O12S. The fraction of sp³-hybridized carbons (Fsp3) is 0.900. The maximum absolute atomic E-state index is 12.8. The molecule has 0 radical (unpaired) electrons. The van der Waals surface area contributed by atoms with Crippen LogP contribution in [0.2, 0.25) is 0 Å². The third-order valence-electron chi connectivity index (χ3n) is 9.74. The Morgan fingerprint density at radius 2 is 1.11 bits per heavy atom. The van der Waals surface area contributed by atoms with Crippen molar-refractivity contribution >= 4 is 22.1 Å². The quantitative estimate of drug-likeness (QED) is 0.0215. The smallest absolute Gasteiger partial charge is 0.306 e. The van der Waals surface area contributed by atoms with Crippen LogP contribution in [0.15, 0.2) is 12.7 Å². The van der Waals surface area contributed by atoms with Crippen LogP contribution >= 0.6 is 0 Å². The summed E-state index contributed by atoms with van der Waals surface area (Å²) in [6, 6.07) is 0. The summed E-state index contributed by atoms with van der Waals surface area (Å²) < 4.78 is 53.9. The number of aliphatic hydroxyl groups is 3. The van der Waals surface area contributed by atoms with Gasteiger partial charge in [0.25, 0.3) is 10.1 Å². The van der Waals surface area contributed by atoms with Crippen LogP contribution in [0.3, 0.4) is 0 Å². The number of hydrogen-bond donors (Lipinski definition) is 4. The predicted molar refractivity (Wildman–Crippen MR) is 206 cm³/mol. The highest BCUT2D eigenvalue weighted by molar-refractivity contribution is 7.85. The van der Waals surface area contributed by atoms with Crippen molar-refractivity contribution in [3.05, 3.63) is 12.7 Å². The molecule has 1 rings (SSSR count). The van der Waals surface area contributed by atoms with Gasteiger partial charge in [-0.1, -0.05) is 141 Å². The van der Waals surface area contributed by atoms with Crippen LogP contribution in [0.25, 0.3) is 0 Å². The Hall–Kier alpha value is -1.61. The molecule has 1 aliphatic rings. The number of carbonyl (C=O) groups is 2. The van der Waals surface area contributed by atoms with Crippen molar-refractivity contribution in [3.63, 3.8) is 0 Å². The molecular weight excluding hydrogens is 704 g/mol. The van der Waals surface area contributed by atoms with Crippen molar-refractivity contribution in [1.29, 1.82) is 0 Å². The van der Waals surface area contributed by atoms with Gasteiger partial charge in [-0.2, -0.15) is 8.42 Å². The zero-order valence-corrected chi connectivity index (χ0v) is 33.5. The van der Waals surface area contributed by atoms with Crippen LogP contribution < -0.4 is 0 Å². The third-order valence-corrected chi connectivity index (χ3v) is 10.5. The molecule has 0 aromatic rings. The maximum Gasteiger partial charge on any atom is 0.306 e. The molecule has 0 aromatic heterocycles. The number of allylic oxidation sites excluding steroid dienone is 1. The lowest BCUT2D eigenvalue weighted by Gasteiger charge is -2.40. The van der Waals surface area contributed by atoms with E-state index in [1.165, 1.54) is 96.3 Å². The first-order valence-electron chi connectivity index (χ1n) is 20.7. The molecule has 12 nitrogen and oxygen atoms in total. The van der Waals surface area contributed by atoms with E-state index in [-0.39, 0.29) is 19.4 Å². The second-order valence-corrected chi connectivity index (χ2v) is 16.2. The van der Waals surface area contributed by atoms with Crippen LogP contribution in [0.1, 0.15) is 174 Å². The number of unbranched alkanes of at least 4 members (excludes halogenated alkanes) is 22. The number of hydrogen-bond acceptors (Lipinski definition) is 11. The molecule has 1 aliphatic heterocycles. The number of esters is 2. The van der Waals surface area contributed by atoms with Gasteiger partial charge in [-0.05, 0) is 25.7 Å². The van der Waals surface area contributed by atoms with Crippen LogP contribution in [0, 0.1) is 0 Å². The molecule has 2 unspecified atom stereocenters. The standard InChI is InChI=1S/C40H74O12S/c1-3-5-7-9-11-13-15-16-17-18-19-21-23-25-27-29-36(42)51-33(30-49-35(41)28-26-24-22-20-14-12-10-8-6-4-2)31-50-40-39(45)38(44)37(43)34(52-40)32-53(46,47)48/h3,33-34,37-40,43-45H,1,4-32H2,2H3,(H,46,47,48)/t33-,34-,37-,38?,39?,40+/m1/s1. The molecule has 1 heterocycles. The Morgan fingerprint density at radius 1 is 0.660 bits per heavy atom. The van der Waals surface area contributed by atoms with E-state index in [4.69, 9.17) is 18.9 Å². The average molecular weight is 779 g/mol. The minimum absolute atomic E-state index is 0.166. The Bertz CT molecular complexity index is 1040. The van der Waals surface area contributed by atoms with Gasteiger partial charge in [0.05, 0.1) is 6.61 Å². The van der Waals surface area contributed by atoms with E-state index in [1.807, 2.05) is 6.08 Å². The SMILES string of the molecule is C=CCCCCCCCCCCCCCCCC(=O)O[C@H](COC(=O)CCCCCCCCCCCC)CO[C@H]1O[C@H](CS(=O)(=O)O)[C@@H](O)C(O)C1O. The van der Waals surface area contributed by atoms with E-state index in [2.05, 4.69) is 13.5 Å². The highest BCUT2D eigenvalue weighted by Crippen LogP contribution is 2.24. The normalized spacial score (nSPS) is 21.0. The topological polar surface area (TPSA) is 186 Å². The maximum atomic E-state index is 12.8. The Kier molecular flexibility index (Phi) is 29.4. The zero-order valence-electron chi connectivity index (χ0n) is 32.7. The van der Waals surface area contributed by atoms with Crippen molar-refractivity contribution in [3.8, 4) is 0 Å². The van der Waals surface area contributed by atoms with E-state index in [9.17, 15) is 37.9 Å². The molecule has 0 saturated carbocycles. The fourth-order valence-electron chi connectivity index (χ4n) is 6.48. The van der Waals surface area contributed by atoms with Gasteiger partial charge in [0, 0.05) is 12.8 Å². The van der Waals surface area contributed by atoms with E-state index in [1.54, 1.807) is 0 Å². The van der Waals surface area contributed by atoms with Crippen molar-refractivity contribution in [1.82, 2.24) is 0 Å². The lowest BCUT2D eigenvalue weighted by Crippen LogP contribution is -2.60. The Balaban J connectivity index is 2.47. The number of carbonyl (C=O) groups excluding carboxylic acids is 2. The zero-order chi connectivity index (χ0) is 39.2. The molecule has 1 saturated heterocycles. The lowest BCUT2D eigenvalue weighted by atomic mass is 10.00. The Morgan fingerprint density at radius 3 is 1.58 bits per heavy atom. The molecule has 1 fully saturated rings. The summed E-state index contributed by atoms with van der Waals surface area (Å²) >= 11 is 0. The largest absolute Gasteiger partial charge is 0.462 e. The number of rotatable bonds is 35. The molecule has 0 aliphatic carbocycles.